The van der Waals surface area contributed by atoms with Gasteiger partial charge in [-0.15, -0.1) is 10.2 Å². The van der Waals surface area contributed by atoms with E-state index in [1.54, 1.807) is 7.11 Å². The summed E-state index contributed by atoms with van der Waals surface area (Å²) in [7, 11) is 1.58. The molecule has 1 aromatic carbocycles. The van der Waals surface area contributed by atoms with Gasteiger partial charge in [-0.3, -0.25) is 9.20 Å². The number of nitrogens with zero attached hydrogens (tertiary/aromatic N) is 4. The highest BCUT2D eigenvalue weighted by molar-refractivity contribution is 5.91. The summed E-state index contributed by atoms with van der Waals surface area (Å²) in [5, 5.41) is 11.8. The molecule has 5 rings (SSSR count). The Labute approximate surface area is 169 Å². The smallest absolute Gasteiger partial charge is 0.254 e. The molecule has 2 heterocycles. The normalized spacial score (nSPS) is 24.0. The van der Waals surface area contributed by atoms with E-state index in [0.29, 0.717) is 23.1 Å². The lowest BCUT2D eigenvalue weighted by Gasteiger charge is -2.34. The Morgan fingerprint density at radius 3 is 2.79 bits per heavy atom. The summed E-state index contributed by atoms with van der Waals surface area (Å²) in [6, 6.07) is 5.66. The van der Waals surface area contributed by atoms with Crippen LogP contribution in [-0.2, 0) is 10.2 Å². The molecule has 7 nitrogen and oxygen atoms in total. The number of imidazole rings is 1. The highest BCUT2D eigenvalue weighted by Gasteiger charge is 2.61. The van der Waals surface area contributed by atoms with Crippen molar-refractivity contribution in [3.8, 4) is 17.0 Å². The molecule has 7 heteroatoms. The summed E-state index contributed by atoms with van der Waals surface area (Å²) in [4.78, 5) is 16.3. The molecule has 0 spiro atoms. The van der Waals surface area contributed by atoms with Crippen molar-refractivity contribution in [1.29, 1.82) is 0 Å². The third kappa shape index (κ3) is 2.30. The third-order valence-electron chi connectivity index (χ3n) is 7.30. The van der Waals surface area contributed by atoms with E-state index in [1.165, 1.54) is 12.6 Å². The molecule has 1 fully saturated rings. The number of anilines is 1. The standard InChI is InChI=1S/C22H25N5O2/c1-12(28)23-15-10-13(6-7-17(15)29-5)16-11-27-19-18(25-26-20(27)24-16)14-8-9-22(19,4)21(14,2)3/h6-7,10-11,14H,8-9H2,1-5H3,(H,23,28). The fraction of sp³-hybridized carbons (Fsp3) is 0.455. The molecule has 3 aromatic rings. The zero-order valence-corrected chi connectivity index (χ0v) is 17.4. The molecule has 2 aliphatic carbocycles. The summed E-state index contributed by atoms with van der Waals surface area (Å²) in [5.41, 5.74) is 4.89. The van der Waals surface area contributed by atoms with Crippen LogP contribution in [-0.4, -0.2) is 32.6 Å². The Bertz CT molecular complexity index is 1170. The minimum Gasteiger partial charge on any atom is -0.495 e. The first-order chi connectivity index (χ1) is 13.8. The molecule has 2 atom stereocenters. The van der Waals surface area contributed by atoms with Crippen molar-refractivity contribution in [2.45, 2.75) is 51.9 Å². The van der Waals surface area contributed by atoms with Gasteiger partial charge in [-0.05, 0) is 36.5 Å². The van der Waals surface area contributed by atoms with E-state index in [2.05, 4.69) is 40.7 Å². The molecule has 2 bridgehead atoms. The Morgan fingerprint density at radius 2 is 2.07 bits per heavy atom. The minimum absolute atomic E-state index is 0.0560. The van der Waals surface area contributed by atoms with Crippen LogP contribution in [0.1, 0.15) is 57.8 Å². The van der Waals surface area contributed by atoms with E-state index in [4.69, 9.17) is 9.72 Å². The van der Waals surface area contributed by atoms with Crippen LogP contribution in [0, 0.1) is 5.41 Å². The lowest BCUT2D eigenvalue weighted by molar-refractivity contribution is -0.114. The molecular weight excluding hydrogens is 366 g/mol. The van der Waals surface area contributed by atoms with E-state index in [0.717, 1.165) is 29.8 Å². The van der Waals surface area contributed by atoms with Gasteiger partial charge in [-0.1, -0.05) is 20.8 Å². The van der Waals surface area contributed by atoms with Crippen molar-refractivity contribution in [2.75, 3.05) is 12.4 Å². The van der Waals surface area contributed by atoms with Crippen molar-refractivity contribution in [1.82, 2.24) is 19.6 Å². The monoisotopic (exact) mass is 391 g/mol. The van der Waals surface area contributed by atoms with Crippen molar-refractivity contribution >= 4 is 17.4 Å². The number of fused-ring (bicyclic) bond motifs is 7. The van der Waals surface area contributed by atoms with Crippen LogP contribution in [0.3, 0.4) is 0 Å². The molecule has 1 amide bonds. The number of methoxy groups -OCH3 is 1. The molecule has 2 aliphatic rings. The van der Waals surface area contributed by atoms with Crippen LogP contribution in [0.4, 0.5) is 5.69 Å². The van der Waals surface area contributed by atoms with Crippen LogP contribution in [0.25, 0.3) is 17.0 Å². The summed E-state index contributed by atoms with van der Waals surface area (Å²) in [6.45, 7) is 8.52. The number of amides is 1. The summed E-state index contributed by atoms with van der Waals surface area (Å²) < 4.78 is 7.49. The number of aromatic nitrogens is 4. The predicted octanol–water partition coefficient (Wildman–Crippen LogP) is 3.93. The van der Waals surface area contributed by atoms with Crippen LogP contribution in [0.2, 0.25) is 0 Å². The van der Waals surface area contributed by atoms with Crippen LogP contribution in [0.5, 0.6) is 5.75 Å². The molecule has 1 saturated carbocycles. The number of hydrogen-bond donors (Lipinski definition) is 1. The fourth-order valence-electron chi connectivity index (χ4n) is 5.35. The quantitative estimate of drug-likeness (QED) is 0.731. The zero-order valence-electron chi connectivity index (χ0n) is 17.4. The number of rotatable bonds is 3. The minimum atomic E-state index is -0.148. The van der Waals surface area contributed by atoms with E-state index >= 15 is 0 Å². The maximum Gasteiger partial charge on any atom is 0.254 e. The molecular formula is C22H25N5O2. The summed E-state index contributed by atoms with van der Waals surface area (Å²) in [5.74, 6) is 1.52. The van der Waals surface area contributed by atoms with Crippen molar-refractivity contribution in [3.63, 3.8) is 0 Å². The number of ether oxygens (including phenoxy) is 1. The van der Waals surface area contributed by atoms with E-state index < -0.39 is 0 Å². The maximum atomic E-state index is 11.6. The largest absolute Gasteiger partial charge is 0.495 e. The van der Waals surface area contributed by atoms with Gasteiger partial charge < -0.3 is 10.1 Å². The average Bonchev–Trinajstić information content (AvgIpc) is 3.25. The summed E-state index contributed by atoms with van der Waals surface area (Å²) in [6.07, 6.45) is 4.36. The highest BCUT2D eigenvalue weighted by Crippen LogP contribution is 2.66. The van der Waals surface area contributed by atoms with E-state index in [-0.39, 0.29) is 16.7 Å². The second-order valence-corrected chi connectivity index (χ2v) is 8.97. The van der Waals surface area contributed by atoms with Gasteiger partial charge in [0.2, 0.25) is 5.91 Å². The fourth-order valence-corrected chi connectivity index (χ4v) is 5.35. The average molecular weight is 391 g/mol. The second kappa shape index (κ2) is 5.78. The molecule has 2 unspecified atom stereocenters. The Morgan fingerprint density at radius 1 is 1.28 bits per heavy atom. The van der Waals surface area contributed by atoms with Crippen molar-refractivity contribution in [3.05, 3.63) is 35.8 Å². The lowest BCUT2D eigenvalue weighted by Crippen LogP contribution is -2.32. The van der Waals surface area contributed by atoms with Crippen LogP contribution in [0.15, 0.2) is 24.4 Å². The van der Waals surface area contributed by atoms with Gasteiger partial charge in [-0.25, -0.2) is 4.98 Å². The molecule has 2 aromatic heterocycles. The Balaban J connectivity index is 1.66. The Kier molecular flexibility index (Phi) is 3.61. The first-order valence-electron chi connectivity index (χ1n) is 9.98. The predicted molar refractivity (Wildman–Crippen MR) is 110 cm³/mol. The van der Waals surface area contributed by atoms with Gasteiger partial charge in [0.1, 0.15) is 5.75 Å². The van der Waals surface area contributed by atoms with Gasteiger partial charge in [0, 0.05) is 30.0 Å². The molecule has 1 N–H and O–H groups in total. The number of benzene rings is 1. The molecule has 150 valence electrons. The van der Waals surface area contributed by atoms with Gasteiger partial charge >= 0.3 is 0 Å². The molecule has 29 heavy (non-hydrogen) atoms. The summed E-state index contributed by atoms with van der Waals surface area (Å²) >= 11 is 0. The van der Waals surface area contributed by atoms with Crippen molar-refractivity contribution < 1.29 is 9.53 Å². The van der Waals surface area contributed by atoms with Crippen LogP contribution >= 0.6 is 0 Å². The molecule has 0 radical (unpaired) electrons. The van der Waals surface area contributed by atoms with Crippen LogP contribution < -0.4 is 10.1 Å². The lowest BCUT2D eigenvalue weighted by atomic mass is 9.70. The molecule has 0 saturated heterocycles. The molecule has 0 aliphatic heterocycles. The Hall–Kier alpha value is -2.96. The van der Waals surface area contributed by atoms with E-state index in [1.807, 2.05) is 24.4 Å². The SMILES string of the molecule is COc1ccc(-c2cn3c4c(nnc3n2)C2CCC4(C)C2(C)C)cc1NC(C)=O. The van der Waals surface area contributed by atoms with Gasteiger partial charge in [0.25, 0.3) is 5.78 Å². The van der Waals surface area contributed by atoms with Crippen molar-refractivity contribution in [2.24, 2.45) is 5.41 Å². The first-order valence-corrected chi connectivity index (χ1v) is 9.98. The number of hydrogen-bond acceptors (Lipinski definition) is 5. The second-order valence-electron chi connectivity index (χ2n) is 8.97. The number of carbonyl (C=O) groups excluding carboxylic acids is 1. The van der Waals surface area contributed by atoms with E-state index in [9.17, 15) is 4.79 Å². The topological polar surface area (TPSA) is 81.4 Å². The first kappa shape index (κ1) is 18.1. The number of nitrogens with one attached hydrogen (secondary N) is 1. The number of carbonyl (C=O) groups is 1. The van der Waals surface area contributed by atoms with Gasteiger partial charge in [0.05, 0.1) is 29.9 Å². The van der Waals surface area contributed by atoms with Gasteiger partial charge in [-0.2, -0.15) is 0 Å². The zero-order chi connectivity index (χ0) is 20.6. The van der Waals surface area contributed by atoms with Gasteiger partial charge in [0.15, 0.2) is 0 Å². The maximum absolute atomic E-state index is 11.6. The highest BCUT2D eigenvalue weighted by atomic mass is 16.5. The third-order valence-corrected chi connectivity index (χ3v) is 7.30.